The molecule has 0 aliphatic heterocycles. The van der Waals surface area contributed by atoms with Gasteiger partial charge >= 0.3 is 12.0 Å². The van der Waals surface area contributed by atoms with Gasteiger partial charge in [0, 0.05) is 32.5 Å². The van der Waals surface area contributed by atoms with Crippen LogP contribution < -0.4 is 5.32 Å². The Balaban J connectivity index is 2.19. The number of carbonyl (C=O) groups excluding carboxylic acids is 1. The van der Waals surface area contributed by atoms with Crippen molar-refractivity contribution in [3.05, 3.63) is 58.9 Å². The number of nitrogens with one attached hydrogen (secondary N) is 1. The number of benzene rings is 1. The van der Waals surface area contributed by atoms with Crippen molar-refractivity contribution in [3.8, 4) is 0 Å². The molecule has 2 rings (SSSR count). The number of rotatable bonds is 14. The van der Waals surface area contributed by atoms with Crippen molar-refractivity contribution in [2.45, 2.75) is 64.8 Å². The molecule has 1 aliphatic rings. The van der Waals surface area contributed by atoms with E-state index in [9.17, 15) is 23.5 Å². The Hall–Kier alpha value is -2.94. The van der Waals surface area contributed by atoms with Gasteiger partial charge in [-0.1, -0.05) is 35.9 Å². The average molecular weight is 509 g/mol. The molecular weight excluding hydrogens is 470 g/mol. The Kier molecular flexibility index (Phi) is 10.9. The molecule has 0 spiro atoms. The highest BCUT2D eigenvalue weighted by atomic mass is 19.3. The highest BCUT2D eigenvalue weighted by Gasteiger charge is 2.62. The Morgan fingerprint density at radius 3 is 2.36 bits per heavy atom. The first-order chi connectivity index (χ1) is 17.0. The molecule has 1 saturated carbocycles. The van der Waals surface area contributed by atoms with Crippen LogP contribution in [0.15, 0.2) is 53.3 Å². The Labute approximate surface area is 212 Å². The number of aryl methyl sites for hydroxylation is 1. The molecule has 200 valence electrons. The lowest BCUT2D eigenvalue weighted by Gasteiger charge is -2.45. The summed E-state index contributed by atoms with van der Waals surface area (Å²) < 4.78 is 38.3. The number of carbonyl (C=O) groups is 2. The van der Waals surface area contributed by atoms with Gasteiger partial charge in [-0.05, 0) is 57.7 Å². The topological polar surface area (TPSA) is 88.1 Å². The molecule has 0 atom stereocenters. The fraction of sp³-hybridized carbons (Fsp3) is 0.556. The van der Waals surface area contributed by atoms with E-state index in [4.69, 9.17) is 9.47 Å². The maximum atomic E-state index is 13.6. The van der Waals surface area contributed by atoms with E-state index in [-0.39, 0.29) is 6.54 Å². The summed E-state index contributed by atoms with van der Waals surface area (Å²) in [5.41, 5.74) is 0.853. The number of carboxylic acids is 1. The van der Waals surface area contributed by atoms with Gasteiger partial charge in [-0.15, -0.1) is 0 Å². The predicted octanol–water partition coefficient (Wildman–Crippen LogP) is 5.18. The molecule has 36 heavy (non-hydrogen) atoms. The summed E-state index contributed by atoms with van der Waals surface area (Å²) in [5, 5.41) is 11.9. The number of hydrogen-bond acceptors (Lipinski definition) is 4. The lowest BCUT2D eigenvalue weighted by Crippen LogP contribution is -2.68. The van der Waals surface area contributed by atoms with E-state index < -0.39 is 36.3 Å². The lowest BCUT2D eigenvalue weighted by atomic mass is 9.73. The molecule has 2 N–H and O–H groups in total. The van der Waals surface area contributed by atoms with Crippen molar-refractivity contribution >= 4 is 12.0 Å². The second kappa shape index (κ2) is 13.4. The number of halogens is 2. The van der Waals surface area contributed by atoms with Crippen molar-refractivity contribution in [1.29, 1.82) is 0 Å². The van der Waals surface area contributed by atoms with Crippen LogP contribution in [0.3, 0.4) is 0 Å². The molecule has 1 aromatic rings. The Bertz CT molecular complexity index is 939. The number of alkyl halides is 2. The second-order valence-corrected chi connectivity index (χ2v) is 9.24. The molecular formula is C27H38F2N2O5. The average Bonchev–Trinajstić information content (AvgIpc) is 2.80. The summed E-state index contributed by atoms with van der Waals surface area (Å²) in [6.45, 7) is 9.47. The third-order valence-corrected chi connectivity index (χ3v) is 5.96. The minimum Gasteiger partial charge on any atom is -0.494 e. The zero-order valence-corrected chi connectivity index (χ0v) is 21.6. The lowest BCUT2D eigenvalue weighted by molar-refractivity contribution is -0.175. The fourth-order valence-electron chi connectivity index (χ4n) is 4.12. The highest BCUT2D eigenvalue weighted by Crippen LogP contribution is 2.45. The summed E-state index contributed by atoms with van der Waals surface area (Å²) >= 11 is 0. The maximum absolute atomic E-state index is 13.6. The number of allylic oxidation sites excluding steroid dienone is 1. The maximum Gasteiger partial charge on any atom is 0.329 e. The number of hydrogen-bond donors (Lipinski definition) is 2. The van der Waals surface area contributed by atoms with Gasteiger partial charge in [-0.25, -0.2) is 18.4 Å². The van der Waals surface area contributed by atoms with Crippen molar-refractivity contribution in [2.75, 3.05) is 32.9 Å². The van der Waals surface area contributed by atoms with Crippen LogP contribution in [0.2, 0.25) is 0 Å². The summed E-state index contributed by atoms with van der Waals surface area (Å²) in [4.78, 5) is 26.4. The number of carboxylic acid groups (broad SMARTS) is 1. The number of ether oxygens (including phenoxy) is 2. The molecule has 0 aromatic heterocycles. The third-order valence-electron chi connectivity index (χ3n) is 5.96. The molecule has 1 aliphatic carbocycles. The second-order valence-electron chi connectivity index (χ2n) is 9.24. The summed E-state index contributed by atoms with van der Waals surface area (Å²) in [6, 6.07) is 9.10. The van der Waals surface area contributed by atoms with Gasteiger partial charge in [-0.3, -0.25) is 0 Å². The van der Waals surface area contributed by atoms with Gasteiger partial charge in [0.15, 0.2) is 5.54 Å². The van der Waals surface area contributed by atoms with Gasteiger partial charge in [0.2, 0.25) is 0 Å². The minimum atomic E-state index is -3.10. The van der Waals surface area contributed by atoms with Crippen LogP contribution in [0, 0.1) is 0 Å². The fourth-order valence-corrected chi connectivity index (χ4v) is 4.12. The van der Waals surface area contributed by atoms with Crippen molar-refractivity contribution in [2.24, 2.45) is 0 Å². The quantitative estimate of drug-likeness (QED) is 0.267. The molecule has 9 heteroatoms. The first-order valence-electron chi connectivity index (χ1n) is 12.3. The molecule has 0 bridgehead atoms. The summed E-state index contributed by atoms with van der Waals surface area (Å²) in [6.07, 6.45) is 1.34. The van der Waals surface area contributed by atoms with Crippen LogP contribution in [0.1, 0.15) is 52.5 Å². The summed E-state index contributed by atoms with van der Waals surface area (Å²) in [5.74, 6) is -3.91. The smallest absolute Gasteiger partial charge is 0.329 e. The zero-order valence-electron chi connectivity index (χ0n) is 21.6. The van der Waals surface area contributed by atoms with E-state index in [0.717, 1.165) is 16.7 Å². The van der Waals surface area contributed by atoms with Gasteiger partial charge in [0.25, 0.3) is 5.92 Å². The number of urea groups is 1. The molecule has 1 fully saturated rings. The van der Waals surface area contributed by atoms with Crippen LogP contribution in [-0.4, -0.2) is 66.4 Å². The van der Waals surface area contributed by atoms with E-state index in [0.29, 0.717) is 45.0 Å². The van der Waals surface area contributed by atoms with Crippen LogP contribution in [0.5, 0.6) is 0 Å². The van der Waals surface area contributed by atoms with E-state index in [1.54, 1.807) is 0 Å². The Morgan fingerprint density at radius 2 is 1.81 bits per heavy atom. The minimum absolute atomic E-state index is 0.186. The Morgan fingerprint density at radius 1 is 1.14 bits per heavy atom. The van der Waals surface area contributed by atoms with E-state index in [1.165, 1.54) is 4.90 Å². The molecule has 0 unspecified atom stereocenters. The van der Waals surface area contributed by atoms with Gasteiger partial charge in [0.05, 0.1) is 13.2 Å². The van der Waals surface area contributed by atoms with Crippen LogP contribution in [0.25, 0.3) is 0 Å². The molecule has 0 saturated heterocycles. The normalized spacial score (nSPS) is 17.0. The molecule has 7 nitrogen and oxygen atoms in total. The van der Waals surface area contributed by atoms with E-state index in [1.807, 2.05) is 64.1 Å². The van der Waals surface area contributed by atoms with Crippen molar-refractivity contribution in [3.63, 3.8) is 0 Å². The number of aliphatic carboxylic acids is 1. The van der Waals surface area contributed by atoms with E-state index in [2.05, 4.69) is 5.32 Å². The van der Waals surface area contributed by atoms with Crippen LogP contribution >= 0.6 is 0 Å². The largest absolute Gasteiger partial charge is 0.494 e. The van der Waals surface area contributed by atoms with Crippen molar-refractivity contribution in [1.82, 2.24) is 10.2 Å². The zero-order chi connectivity index (χ0) is 26.8. The molecule has 0 radical (unpaired) electrons. The monoisotopic (exact) mass is 508 g/mol. The first-order valence-corrected chi connectivity index (χ1v) is 12.3. The van der Waals surface area contributed by atoms with Gasteiger partial charge < -0.3 is 24.8 Å². The molecule has 2 amide bonds. The van der Waals surface area contributed by atoms with Gasteiger partial charge in [0.1, 0.15) is 5.76 Å². The summed E-state index contributed by atoms with van der Waals surface area (Å²) in [7, 11) is 0. The highest BCUT2D eigenvalue weighted by molar-refractivity contribution is 5.87. The predicted molar refractivity (Wildman–Crippen MR) is 134 cm³/mol. The first kappa shape index (κ1) is 29.3. The number of amides is 2. The molecule has 0 heterocycles. The van der Waals surface area contributed by atoms with Gasteiger partial charge in [-0.2, -0.15) is 0 Å². The van der Waals surface area contributed by atoms with Crippen molar-refractivity contribution < 1.29 is 33.0 Å². The van der Waals surface area contributed by atoms with Crippen LogP contribution in [-0.2, 0) is 20.7 Å². The SMILES string of the molecule is CCOC/C(C)=C(\C=C(/C)CN(CCCc1ccccc1)C(=O)NC1(C(=O)O)CC(F)(F)C1)OCC. The number of nitrogens with zero attached hydrogens (tertiary/aromatic N) is 1. The third kappa shape index (κ3) is 8.62. The van der Waals surface area contributed by atoms with Crippen LogP contribution in [0.4, 0.5) is 13.6 Å². The standard InChI is InChI=1S/C27H38F2N2O5/c1-5-35-17-21(4)23(36-6-2)15-20(3)16-31(14-10-13-22-11-8-7-9-12-22)25(34)30-26(24(32)33)18-27(28,29)19-26/h7-9,11-12,15H,5-6,10,13-14,16-19H2,1-4H3,(H,30,34)(H,32,33)/b20-15+,23-21+. The molecule has 1 aromatic carbocycles. The van der Waals surface area contributed by atoms with E-state index >= 15 is 0 Å².